The minimum Gasteiger partial charge on any atom is -0.394 e. The van der Waals surface area contributed by atoms with Gasteiger partial charge in [-0.3, -0.25) is 19.6 Å². The molecule has 0 aliphatic rings. The molecule has 1 aromatic heterocycles. The first-order chi connectivity index (χ1) is 10.4. The van der Waals surface area contributed by atoms with E-state index in [2.05, 4.69) is 10.4 Å². The van der Waals surface area contributed by atoms with Crippen LogP contribution in [-0.2, 0) is 7.05 Å². The summed E-state index contributed by atoms with van der Waals surface area (Å²) in [5.74, 6) is -0.694. The van der Waals surface area contributed by atoms with Gasteiger partial charge in [-0.05, 0) is 17.7 Å². The lowest BCUT2D eigenvalue weighted by Crippen LogP contribution is -2.32. The van der Waals surface area contributed by atoms with Crippen LogP contribution < -0.4 is 5.32 Å². The summed E-state index contributed by atoms with van der Waals surface area (Å²) in [6, 6.07) is 5.85. The van der Waals surface area contributed by atoms with Crippen LogP contribution in [0, 0.1) is 10.1 Å². The number of nitrogens with one attached hydrogen (secondary N) is 1. The maximum Gasteiger partial charge on any atom is 0.320 e. The van der Waals surface area contributed by atoms with Crippen LogP contribution in [0.3, 0.4) is 0 Å². The highest BCUT2D eigenvalue weighted by molar-refractivity contribution is 6.30. The third-order valence-electron chi connectivity index (χ3n) is 3.09. The van der Waals surface area contributed by atoms with Crippen LogP contribution >= 0.6 is 11.6 Å². The Balaban J connectivity index is 2.25. The molecule has 2 N–H and O–H groups in total. The molecular formula is C13H13ClN4O4. The van der Waals surface area contributed by atoms with Crippen LogP contribution in [0.15, 0.2) is 30.5 Å². The first-order valence-corrected chi connectivity index (χ1v) is 6.65. The molecule has 1 atom stereocenters. The molecule has 0 spiro atoms. The minimum absolute atomic E-state index is 0.183. The second-order valence-electron chi connectivity index (χ2n) is 4.52. The number of aliphatic hydroxyl groups is 1. The molecule has 9 heteroatoms. The lowest BCUT2D eigenvalue weighted by Gasteiger charge is -2.16. The minimum atomic E-state index is -0.709. The monoisotopic (exact) mass is 324 g/mol. The normalized spacial score (nSPS) is 12.0. The first-order valence-electron chi connectivity index (χ1n) is 6.27. The zero-order valence-corrected chi connectivity index (χ0v) is 12.3. The molecular weight excluding hydrogens is 312 g/mol. The summed E-state index contributed by atoms with van der Waals surface area (Å²) in [4.78, 5) is 22.5. The second-order valence-corrected chi connectivity index (χ2v) is 4.96. The van der Waals surface area contributed by atoms with Crippen molar-refractivity contribution in [3.05, 3.63) is 56.9 Å². The highest BCUT2D eigenvalue weighted by atomic mass is 35.5. The average Bonchev–Trinajstić information content (AvgIpc) is 2.87. The number of carbonyl (C=O) groups excluding carboxylic acids is 1. The van der Waals surface area contributed by atoms with E-state index in [1.807, 2.05) is 0 Å². The number of carbonyl (C=O) groups is 1. The van der Waals surface area contributed by atoms with Crippen LogP contribution in [0.4, 0.5) is 5.69 Å². The summed E-state index contributed by atoms with van der Waals surface area (Å²) >= 11 is 5.79. The number of hydrogen-bond acceptors (Lipinski definition) is 5. The summed E-state index contributed by atoms with van der Waals surface area (Å²) in [5, 5.41) is 27.1. The molecule has 0 saturated carbocycles. The number of amides is 1. The molecule has 1 aromatic carbocycles. The lowest BCUT2D eigenvalue weighted by molar-refractivity contribution is -0.385. The lowest BCUT2D eigenvalue weighted by atomic mass is 10.1. The van der Waals surface area contributed by atoms with Crippen molar-refractivity contribution in [3.8, 4) is 0 Å². The van der Waals surface area contributed by atoms with Gasteiger partial charge >= 0.3 is 5.69 Å². The van der Waals surface area contributed by atoms with E-state index in [9.17, 15) is 20.0 Å². The molecule has 0 fully saturated rings. The van der Waals surface area contributed by atoms with E-state index >= 15 is 0 Å². The molecule has 1 heterocycles. The van der Waals surface area contributed by atoms with Gasteiger partial charge in [0.1, 0.15) is 6.20 Å². The van der Waals surface area contributed by atoms with Crippen molar-refractivity contribution < 1.29 is 14.8 Å². The Morgan fingerprint density at radius 2 is 2.14 bits per heavy atom. The molecule has 116 valence electrons. The van der Waals surface area contributed by atoms with Crippen molar-refractivity contribution in [3.63, 3.8) is 0 Å². The van der Waals surface area contributed by atoms with Gasteiger partial charge in [0.2, 0.25) is 5.69 Å². The fourth-order valence-electron chi connectivity index (χ4n) is 1.98. The molecule has 1 amide bonds. The van der Waals surface area contributed by atoms with Gasteiger partial charge in [-0.1, -0.05) is 23.7 Å². The smallest absolute Gasteiger partial charge is 0.320 e. The molecule has 22 heavy (non-hydrogen) atoms. The van der Waals surface area contributed by atoms with Crippen molar-refractivity contribution in [2.45, 2.75) is 6.04 Å². The fourth-order valence-corrected chi connectivity index (χ4v) is 2.10. The van der Waals surface area contributed by atoms with Crippen molar-refractivity contribution >= 4 is 23.2 Å². The quantitative estimate of drug-likeness (QED) is 0.638. The number of nitrogens with zero attached hydrogens (tertiary/aromatic N) is 3. The summed E-state index contributed by atoms with van der Waals surface area (Å²) in [5.41, 5.74) is 0.0512. The average molecular weight is 325 g/mol. The number of nitro groups is 1. The standard InChI is InChI=1S/C13H13ClN4O4/c1-17-12(11(6-15-17)18(21)22)13(20)16-10(7-19)8-2-4-9(14)5-3-8/h2-6,10,19H,7H2,1H3,(H,16,20). The Morgan fingerprint density at radius 3 is 2.68 bits per heavy atom. The number of hydrogen-bond donors (Lipinski definition) is 2. The Hall–Kier alpha value is -2.45. The number of rotatable bonds is 5. The molecule has 0 radical (unpaired) electrons. The zero-order valence-electron chi connectivity index (χ0n) is 11.6. The summed E-state index contributed by atoms with van der Waals surface area (Å²) in [6.45, 7) is -0.362. The van der Waals surface area contributed by atoms with E-state index in [-0.39, 0.29) is 12.3 Å². The Kier molecular flexibility index (Phi) is 4.74. The van der Waals surface area contributed by atoms with Crippen molar-refractivity contribution in [1.82, 2.24) is 15.1 Å². The van der Waals surface area contributed by atoms with Gasteiger partial charge < -0.3 is 10.4 Å². The molecule has 2 aromatic rings. The van der Waals surface area contributed by atoms with Gasteiger partial charge in [0.05, 0.1) is 17.6 Å². The number of benzene rings is 1. The SMILES string of the molecule is Cn1ncc([N+](=O)[O-])c1C(=O)NC(CO)c1ccc(Cl)cc1. The predicted octanol–water partition coefficient (Wildman–Crippen LogP) is 1.45. The number of aryl methyl sites for hydroxylation is 1. The second kappa shape index (κ2) is 6.54. The maximum absolute atomic E-state index is 12.2. The molecule has 0 saturated heterocycles. The third kappa shape index (κ3) is 3.23. The van der Waals surface area contributed by atoms with Gasteiger partial charge in [0.15, 0.2) is 0 Å². The molecule has 0 aliphatic carbocycles. The third-order valence-corrected chi connectivity index (χ3v) is 3.34. The number of aliphatic hydroxyl groups excluding tert-OH is 1. The molecule has 0 bridgehead atoms. The van der Waals surface area contributed by atoms with Gasteiger partial charge in [0, 0.05) is 12.1 Å². The molecule has 0 aliphatic heterocycles. The predicted molar refractivity (Wildman–Crippen MR) is 78.6 cm³/mol. The van der Waals surface area contributed by atoms with Gasteiger partial charge in [-0.25, -0.2) is 0 Å². The molecule has 2 rings (SSSR count). The van der Waals surface area contributed by atoms with E-state index in [0.717, 1.165) is 10.9 Å². The Labute approximate surface area is 130 Å². The topological polar surface area (TPSA) is 110 Å². The van der Waals surface area contributed by atoms with Crippen LogP contribution in [0.2, 0.25) is 5.02 Å². The van der Waals surface area contributed by atoms with Crippen LogP contribution in [-0.4, -0.2) is 32.3 Å². The fraction of sp³-hybridized carbons (Fsp3) is 0.231. The van der Waals surface area contributed by atoms with Crippen LogP contribution in [0.5, 0.6) is 0 Å². The maximum atomic E-state index is 12.2. The first kappa shape index (κ1) is 15.9. The zero-order chi connectivity index (χ0) is 16.3. The Morgan fingerprint density at radius 1 is 1.50 bits per heavy atom. The summed E-state index contributed by atoms with van der Waals surface area (Å²) in [7, 11) is 1.43. The molecule has 8 nitrogen and oxygen atoms in total. The van der Waals surface area contributed by atoms with E-state index in [4.69, 9.17) is 11.6 Å². The van der Waals surface area contributed by atoms with Gasteiger partial charge in [-0.15, -0.1) is 0 Å². The largest absolute Gasteiger partial charge is 0.394 e. The van der Waals surface area contributed by atoms with Crippen LogP contribution in [0.25, 0.3) is 0 Å². The van der Waals surface area contributed by atoms with E-state index in [1.165, 1.54) is 7.05 Å². The van der Waals surface area contributed by atoms with E-state index < -0.39 is 22.6 Å². The van der Waals surface area contributed by atoms with Gasteiger partial charge in [0.25, 0.3) is 5.91 Å². The van der Waals surface area contributed by atoms with E-state index in [0.29, 0.717) is 10.6 Å². The summed E-state index contributed by atoms with van der Waals surface area (Å²) < 4.78 is 1.11. The summed E-state index contributed by atoms with van der Waals surface area (Å²) in [6.07, 6.45) is 1.01. The van der Waals surface area contributed by atoms with Gasteiger partial charge in [-0.2, -0.15) is 5.10 Å². The van der Waals surface area contributed by atoms with Crippen molar-refractivity contribution in [2.75, 3.05) is 6.61 Å². The Bertz CT molecular complexity index is 699. The number of aromatic nitrogens is 2. The van der Waals surface area contributed by atoms with E-state index in [1.54, 1.807) is 24.3 Å². The van der Waals surface area contributed by atoms with Crippen molar-refractivity contribution in [2.24, 2.45) is 7.05 Å². The highest BCUT2D eigenvalue weighted by Gasteiger charge is 2.27. The number of halogens is 1. The molecule has 1 unspecified atom stereocenters. The highest BCUT2D eigenvalue weighted by Crippen LogP contribution is 2.20. The van der Waals surface area contributed by atoms with Crippen LogP contribution in [0.1, 0.15) is 22.1 Å². The van der Waals surface area contributed by atoms with Crippen molar-refractivity contribution in [1.29, 1.82) is 0 Å².